The molecule has 1 aromatic heterocycles. The van der Waals surface area contributed by atoms with Crippen LogP contribution in [0.5, 0.6) is 0 Å². The lowest BCUT2D eigenvalue weighted by Crippen LogP contribution is -2.35. The summed E-state index contributed by atoms with van der Waals surface area (Å²) in [7, 11) is 0. The van der Waals surface area contributed by atoms with Gasteiger partial charge in [0.1, 0.15) is 0 Å². The first kappa shape index (κ1) is 15.0. The van der Waals surface area contributed by atoms with Crippen molar-refractivity contribution in [3.05, 3.63) is 28.9 Å². The van der Waals surface area contributed by atoms with E-state index < -0.39 is 5.60 Å². The second-order valence-electron chi connectivity index (χ2n) is 7.24. The van der Waals surface area contributed by atoms with Gasteiger partial charge in [0, 0.05) is 22.4 Å². The SMILES string of the molecule is CC(C)C(=O)N[C@H]1[C@@H]2C[C@@](O)(c3cc(Cl)cc4[nH]ncc34)C[C@@H]21. The van der Waals surface area contributed by atoms with Gasteiger partial charge < -0.3 is 10.4 Å². The predicted octanol–water partition coefficient (Wildman–Crippen LogP) is 2.58. The number of hydrogen-bond acceptors (Lipinski definition) is 3. The molecule has 3 N–H and O–H groups in total. The Morgan fingerprint density at radius 2 is 2.13 bits per heavy atom. The van der Waals surface area contributed by atoms with Gasteiger partial charge in [-0.3, -0.25) is 9.89 Å². The fraction of sp³-hybridized carbons (Fsp3) is 0.529. The minimum Gasteiger partial charge on any atom is -0.385 e. The van der Waals surface area contributed by atoms with Gasteiger partial charge in [-0.15, -0.1) is 0 Å². The van der Waals surface area contributed by atoms with Gasteiger partial charge in [-0.1, -0.05) is 25.4 Å². The Morgan fingerprint density at radius 3 is 2.78 bits per heavy atom. The lowest BCUT2D eigenvalue weighted by atomic mass is 9.86. The number of nitrogens with zero attached hydrogens (tertiary/aromatic N) is 1. The largest absolute Gasteiger partial charge is 0.385 e. The van der Waals surface area contributed by atoms with Gasteiger partial charge in [0.05, 0.1) is 17.3 Å². The Balaban J connectivity index is 1.56. The summed E-state index contributed by atoms with van der Waals surface area (Å²) >= 11 is 6.19. The normalized spacial score (nSPS) is 32.3. The molecule has 5 nitrogen and oxygen atoms in total. The first-order chi connectivity index (χ1) is 10.9. The summed E-state index contributed by atoms with van der Waals surface area (Å²) in [5.41, 5.74) is 0.794. The quantitative estimate of drug-likeness (QED) is 0.808. The molecule has 0 radical (unpaired) electrons. The standard InChI is InChI=1S/C17H20ClN3O2/c1-8(2)16(22)20-15-10-5-17(23,6-11(10)15)13-3-9(18)4-14-12(13)7-19-21-14/h3-4,7-8,10-11,15,23H,5-6H2,1-2H3,(H,19,21)(H,20,22)/t10-,11+,15+,17+. The fourth-order valence-electron chi connectivity index (χ4n) is 4.03. The summed E-state index contributed by atoms with van der Waals surface area (Å²) < 4.78 is 0. The molecule has 0 spiro atoms. The summed E-state index contributed by atoms with van der Waals surface area (Å²) in [5, 5.41) is 22.7. The minimum atomic E-state index is -0.887. The van der Waals surface area contributed by atoms with Crippen LogP contribution in [0.1, 0.15) is 32.3 Å². The number of aromatic amines is 1. The van der Waals surface area contributed by atoms with Crippen LogP contribution in [-0.2, 0) is 10.4 Å². The molecule has 0 saturated heterocycles. The van der Waals surface area contributed by atoms with Gasteiger partial charge in [-0.05, 0) is 42.4 Å². The smallest absolute Gasteiger partial charge is 0.222 e. The Morgan fingerprint density at radius 1 is 1.43 bits per heavy atom. The number of aromatic nitrogens is 2. The highest BCUT2D eigenvalue weighted by Gasteiger charge is 2.62. The highest BCUT2D eigenvalue weighted by molar-refractivity contribution is 6.31. The second kappa shape index (κ2) is 4.95. The van der Waals surface area contributed by atoms with Crippen molar-refractivity contribution in [3.63, 3.8) is 0 Å². The molecule has 2 saturated carbocycles. The van der Waals surface area contributed by atoms with Crippen LogP contribution in [0.3, 0.4) is 0 Å². The molecule has 4 atom stereocenters. The average molecular weight is 334 g/mol. The van der Waals surface area contributed by atoms with Crippen molar-refractivity contribution in [1.29, 1.82) is 0 Å². The Bertz CT molecular complexity index is 773. The van der Waals surface area contributed by atoms with Crippen LogP contribution in [0.2, 0.25) is 5.02 Å². The molecule has 2 fully saturated rings. The number of benzene rings is 1. The molecule has 2 aliphatic rings. The van der Waals surface area contributed by atoms with Crippen LogP contribution in [0.4, 0.5) is 0 Å². The maximum atomic E-state index is 11.8. The second-order valence-corrected chi connectivity index (χ2v) is 7.68. The molecular formula is C17H20ClN3O2. The zero-order chi connectivity index (χ0) is 16.4. The third kappa shape index (κ3) is 2.34. The minimum absolute atomic E-state index is 0.00584. The van der Waals surface area contributed by atoms with Crippen LogP contribution < -0.4 is 5.32 Å². The van der Waals surface area contributed by atoms with Crippen molar-refractivity contribution in [2.75, 3.05) is 0 Å². The monoisotopic (exact) mass is 333 g/mol. The molecule has 0 unspecified atom stereocenters. The topological polar surface area (TPSA) is 78.0 Å². The maximum absolute atomic E-state index is 11.8. The number of aliphatic hydroxyl groups is 1. The highest BCUT2D eigenvalue weighted by atomic mass is 35.5. The van der Waals surface area contributed by atoms with E-state index in [-0.39, 0.29) is 17.9 Å². The number of H-pyrrole nitrogens is 1. The molecule has 1 amide bonds. The van der Waals surface area contributed by atoms with Crippen LogP contribution in [0.15, 0.2) is 18.3 Å². The van der Waals surface area contributed by atoms with Crippen LogP contribution >= 0.6 is 11.6 Å². The van der Waals surface area contributed by atoms with Gasteiger partial charge in [-0.25, -0.2) is 0 Å². The van der Waals surface area contributed by atoms with Crippen molar-refractivity contribution in [2.45, 2.75) is 38.3 Å². The van der Waals surface area contributed by atoms with E-state index in [0.717, 1.165) is 16.5 Å². The van der Waals surface area contributed by atoms with E-state index in [1.165, 1.54) is 0 Å². The van der Waals surface area contributed by atoms with Crippen molar-refractivity contribution in [3.8, 4) is 0 Å². The summed E-state index contributed by atoms with van der Waals surface area (Å²) in [6.07, 6.45) is 3.05. The van der Waals surface area contributed by atoms with Crippen molar-refractivity contribution < 1.29 is 9.90 Å². The molecule has 2 aliphatic carbocycles. The van der Waals surface area contributed by atoms with Crippen LogP contribution in [0, 0.1) is 17.8 Å². The lowest BCUT2D eigenvalue weighted by molar-refractivity contribution is -0.124. The third-order valence-corrected chi connectivity index (χ3v) is 5.55. The average Bonchev–Trinajstić information content (AvgIpc) is 2.88. The molecule has 2 aromatic rings. The van der Waals surface area contributed by atoms with E-state index >= 15 is 0 Å². The Hall–Kier alpha value is -1.59. The van der Waals surface area contributed by atoms with Gasteiger partial charge in [0.25, 0.3) is 0 Å². The number of hydrogen-bond donors (Lipinski definition) is 3. The number of halogens is 1. The molecule has 122 valence electrons. The van der Waals surface area contributed by atoms with E-state index in [9.17, 15) is 9.90 Å². The lowest BCUT2D eigenvalue weighted by Gasteiger charge is -2.27. The van der Waals surface area contributed by atoms with Crippen molar-refractivity contribution in [1.82, 2.24) is 15.5 Å². The predicted molar refractivity (Wildman–Crippen MR) is 88.0 cm³/mol. The molecule has 1 heterocycles. The van der Waals surface area contributed by atoms with E-state index in [1.807, 2.05) is 26.0 Å². The molecule has 0 bridgehead atoms. The Labute approximate surface area is 139 Å². The number of carbonyl (C=O) groups excluding carboxylic acids is 1. The summed E-state index contributed by atoms with van der Waals surface area (Å²) in [5.74, 6) is 0.786. The molecule has 4 rings (SSSR count). The summed E-state index contributed by atoms with van der Waals surface area (Å²) in [6.45, 7) is 3.79. The van der Waals surface area contributed by atoms with E-state index in [1.54, 1.807) is 6.20 Å². The van der Waals surface area contributed by atoms with Crippen LogP contribution in [-0.4, -0.2) is 27.3 Å². The van der Waals surface area contributed by atoms with Gasteiger partial charge >= 0.3 is 0 Å². The third-order valence-electron chi connectivity index (χ3n) is 5.34. The zero-order valence-electron chi connectivity index (χ0n) is 13.1. The van der Waals surface area contributed by atoms with E-state index in [4.69, 9.17) is 11.6 Å². The molecule has 0 aliphatic heterocycles. The van der Waals surface area contributed by atoms with Gasteiger partial charge in [0.15, 0.2) is 0 Å². The number of nitrogens with one attached hydrogen (secondary N) is 2. The number of rotatable bonds is 3. The molecule has 23 heavy (non-hydrogen) atoms. The van der Waals surface area contributed by atoms with Crippen molar-refractivity contribution in [2.24, 2.45) is 17.8 Å². The number of fused-ring (bicyclic) bond motifs is 2. The van der Waals surface area contributed by atoms with Crippen LogP contribution in [0.25, 0.3) is 10.9 Å². The zero-order valence-corrected chi connectivity index (χ0v) is 13.9. The van der Waals surface area contributed by atoms with E-state index in [2.05, 4.69) is 15.5 Å². The van der Waals surface area contributed by atoms with E-state index in [0.29, 0.717) is 29.7 Å². The molecule has 6 heteroatoms. The number of amides is 1. The number of carbonyl (C=O) groups is 1. The van der Waals surface area contributed by atoms with Gasteiger partial charge in [-0.2, -0.15) is 5.10 Å². The highest BCUT2D eigenvalue weighted by Crippen LogP contribution is 2.60. The molecule has 1 aromatic carbocycles. The first-order valence-corrected chi connectivity index (χ1v) is 8.43. The van der Waals surface area contributed by atoms with Crippen molar-refractivity contribution >= 4 is 28.4 Å². The van der Waals surface area contributed by atoms with Gasteiger partial charge in [0.2, 0.25) is 5.91 Å². The summed E-state index contributed by atoms with van der Waals surface area (Å²) in [4.78, 5) is 11.8. The maximum Gasteiger partial charge on any atom is 0.222 e. The Kier molecular flexibility index (Phi) is 3.22. The first-order valence-electron chi connectivity index (χ1n) is 8.05. The molecular weight excluding hydrogens is 314 g/mol. The summed E-state index contributed by atoms with van der Waals surface area (Å²) in [6, 6.07) is 3.87. The fourth-order valence-corrected chi connectivity index (χ4v) is 4.25.